The van der Waals surface area contributed by atoms with Gasteiger partial charge in [-0.1, -0.05) is 149 Å². The van der Waals surface area contributed by atoms with Gasteiger partial charge in [0.2, 0.25) is 0 Å². The standard InChI is InChI=1S/C38H38O2P2/c1-28(41(39,30-19-11-7-12-20-30)31-21-13-8-14-22-31)27-34-36(3,4)38(34)35(37(38,5)6)29(2)42(40,32-23-15-9-16-24-32)33-25-17-10-18-26-33/h7-26H,1-6H3/b35-29+/t27?,38-/m1/s1. The molecule has 0 aromatic heterocycles. The van der Waals surface area contributed by atoms with Crippen molar-refractivity contribution in [1.82, 2.24) is 0 Å². The summed E-state index contributed by atoms with van der Waals surface area (Å²) in [5, 5.41) is 5.05. The minimum Gasteiger partial charge on any atom is -0.309 e. The Kier molecular flexibility index (Phi) is 6.72. The molecule has 4 aromatic carbocycles. The van der Waals surface area contributed by atoms with E-state index in [2.05, 4.69) is 40.3 Å². The second kappa shape index (κ2) is 9.82. The lowest BCUT2D eigenvalue weighted by Crippen LogP contribution is -2.16. The fourth-order valence-electron chi connectivity index (χ4n) is 7.86. The molecule has 0 bridgehead atoms. The zero-order chi connectivity index (χ0) is 30.0. The highest BCUT2D eigenvalue weighted by atomic mass is 31.2. The van der Waals surface area contributed by atoms with Gasteiger partial charge in [0, 0.05) is 42.8 Å². The van der Waals surface area contributed by atoms with E-state index in [1.54, 1.807) is 0 Å². The Labute approximate surface area is 250 Å². The van der Waals surface area contributed by atoms with Gasteiger partial charge < -0.3 is 9.13 Å². The Morgan fingerprint density at radius 1 is 0.524 bits per heavy atom. The van der Waals surface area contributed by atoms with E-state index < -0.39 is 14.3 Å². The molecule has 1 atom stereocenters. The highest BCUT2D eigenvalue weighted by Gasteiger charge is 2.88. The topological polar surface area (TPSA) is 34.1 Å². The maximum Gasteiger partial charge on any atom is 0.174 e. The minimum atomic E-state index is -3.11. The predicted octanol–water partition coefficient (Wildman–Crippen LogP) is 8.78. The molecule has 4 heteroatoms. The Morgan fingerprint density at radius 3 is 1.21 bits per heavy atom. The minimum absolute atomic E-state index is 0.202. The Bertz CT molecular complexity index is 1770. The summed E-state index contributed by atoms with van der Waals surface area (Å²) in [6.45, 7) is 13.1. The molecule has 0 saturated heterocycles. The molecule has 1 spiro atoms. The van der Waals surface area contributed by atoms with Crippen LogP contribution in [0.2, 0.25) is 0 Å². The molecule has 4 aromatic rings. The molecule has 2 aliphatic carbocycles. The number of allylic oxidation sites excluding steroid dienone is 3. The van der Waals surface area contributed by atoms with Crippen molar-refractivity contribution in [2.75, 3.05) is 0 Å². The Hall–Kier alpha value is -3.40. The molecule has 0 radical (unpaired) electrons. The molecule has 0 amide bonds. The lowest BCUT2D eigenvalue weighted by atomic mass is 10.0. The normalized spacial score (nSPS) is 21.4. The maximum atomic E-state index is 15.3. The third kappa shape index (κ3) is 3.79. The summed E-state index contributed by atoms with van der Waals surface area (Å²) in [4.78, 5) is 0. The molecule has 6 rings (SSSR count). The zero-order valence-electron chi connectivity index (χ0n) is 25.3. The Morgan fingerprint density at radius 2 is 0.857 bits per heavy atom. The van der Waals surface area contributed by atoms with Gasteiger partial charge in [-0.05, 0) is 30.3 Å². The van der Waals surface area contributed by atoms with Crippen molar-refractivity contribution in [2.24, 2.45) is 16.2 Å². The van der Waals surface area contributed by atoms with Gasteiger partial charge >= 0.3 is 0 Å². The maximum absolute atomic E-state index is 15.3. The van der Waals surface area contributed by atoms with E-state index in [4.69, 9.17) is 0 Å². The monoisotopic (exact) mass is 588 g/mol. The second-order valence-electron chi connectivity index (χ2n) is 12.6. The van der Waals surface area contributed by atoms with E-state index >= 15 is 9.13 Å². The van der Waals surface area contributed by atoms with Crippen LogP contribution in [-0.4, -0.2) is 0 Å². The van der Waals surface area contributed by atoms with Crippen LogP contribution in [0.1, 0.15) is 41.5 Å². The van der Waals surface area contributed by atoms with E-state index in [9.17, 15) is 0 Å². The highest BCUT2D eigenvalue weighted by Crippen LogP contribution is 2.94. The first-order valence-corrected chi connectivity index (χ1v) is 18.0. The van der Waals surface area contributed by atoms with Crippen molar-refractivity contribution in [3.63, 3.8) is 0 Å². The van der Waals surface area contributed by atoms with E-state index in [0.29, 0.717) is 0 Å². The average Bonchev–Trinajstić information content (AvgIpc) is 3.75. The lowest BCUT2D eigenvalue weighted by Gasteiger charge is -2.21. The van der Waals surface area contributed by atoms with Crippen LogP contribution in [-0.2, 0) is 9.13 Å². The summed E-state index contributed by atoms with van der Waals surface area (Å²) >= 11 is 0. The first-order chi connectivity index (χ1) is 20.0. The van der Waals surface area contributed by atoms with E-state index in [1.165, 1.54) is 5.57 Å². The zero-order valence-corrected chi connectivity index (χ0v) is 27.0. The van der Waals surface area contributed by atoms with Crippen LogP contribution in [0.5, 0.6) is 0 Å². The first-order valence-electron chi connectivity index (χ1n) is 14.6. The molecule has 2 fully saturated rings. The third-order valence-electron chi connectivity index (χ3n) is 9.84. The summed E-state index contributed by atoms with van der Waals surface area (Å²) < 4.78 is 30.4. The van der Waals surface area contributed by atoms with Crippen LogP contribution in [0.15, 0.2) is 149 Å². The molecule has 42 heavy (non-hydrogen) atoms. The molecular formula is C38H38O2P2. The number of benzene rings is 4. The lowest BCUT2D eigenvalue weighted by molar-refractivity contribution is 0.451. The quantitative estimate of drug-likeness (QED) is 0.167. The van der Waals surface area contributed by atoms with Crippen LogP contribution in [0.4, 0.5) is 0 Å². The van der Waals surface area contributed by atoms with Gasteiger partial charge in [-0.2, -0.15) is 0 Å². The first kappa shape index (κ1) is 28.7. The van der Waals surface area contributed by atoms with Crippen LogP contribution in [0.3, 0.4) is 0 Å². The van der Waals surface area contributed by atoms with Crippen LogP contribution in [0, 0.1) is 16.2 Å². The molecule has 0 unspecified atom stereocenters. The SMILES string of the molecule is CC(=C=C1C(C)(C)[C@]12/C(=C(\C)P(=O)(c1ccccc1)c1ccccc1)C2(C)C)P(=O)(c1ccccc1)c1ccccc1. The Balaban J connectivity index is 1.58. The largest absolute Gasteiger partial charge is 0.309 e. The van der Waals surface area contributed by atoms with Crippen LogP contribution in [0.25, 0.3) is 0 Å². The van der Waals surface area contributed by atoms with Gasteiger partial charge in [-0.3, -0.25) is 0 Å². The van der Waals surface area contributed by atoms with Crippen molar-refractivity contribution < 1.29 is 9.13 Å². The van der Waals surface area contributed by atoms with E-state index in [0.717, 1.165) is 37.4 Å². The van der Waals surface area contributed by atoms with Crippen molar-refractivity contribution in [2.45, 2.75) is 41.5 Å². The molecular weight excluding hydrogens is 550 g/mol. The van der Waals surface area contributed by atoms with Crippen molar-refractivity contribution in [1.29, 1.82) is 0 Å². The van der Waals surface area contributed by atoms with Gasteiger partial charge in [0.15, 0.2) is 14.3 Å². The average molecular weight is 589 g/mol. The van der Waals surface area contributed by atoms with Gasteiger partial charge in [-0.25, -0.2) is 0 Å². The summed E-state index contributed by atoms with van der Waals surface area (Å²) in [6, 6.07) is 39.4. The van der Waals surface area contributed by atoms with Gasteiger partial charge in [0.25, 0.3) is 0 Å². The smallest absolute Gasteiger partial charge is 0.174 e. The van der Waals surface area contributed by atoms with Gasteiger partial charge in [0.1, 0.15) is 0 Å². The molecule has 0 N–H and O–H groups in total. The van der Waals surface area contributed by atoms with E-state index in [1.807, 2.05) is 128 Å². The number of hydrogen-bond acceptors (Lipinski definition) is 2. The molecule has 2 saturated carbocycles. The molecule has 0 heterocycles. The van der Waals surface area contributed by atoms with Crippen molar-refractivity contribution in [3.8, 4) is 0 Å². The molecule has 212 valence electrons. The fourth-order valence-corrected chi connectivity index (χ4v) is 13.4. The van der Waals surface area contributed by atoms with Crippen LogP contribution < -0.4 is 21.2 Å². The van der Waals surface area contributed by atoms with Gasteiger partial charge in [0.05, 0.1) is 0 Å². The second-order valence-corrected chi connectivity index (χ2v) is 18.5. The van der Waals surface area contributed by atoms with E-state index in [-0.39, 0.29) is 16.2 Å². The predicted molar refractivity (Wildman–Crippen MR) is 178 cm³/mol. The molecule has 0 aliphatic heterocycles. The highest BCUT2D eigenvalue weighted by molar-refractivity contribution is 7.82. The summed E-state index contributed by atoms with van der Waals surface area (Å²) in [5.74, 6) is 0. The number of rotatable bonds is 6. The van der Waals surface area contributed by atoms with Crippen molar-refractivity contribution in [3.05, 3.63) is 149 Å². The number of hydrogen-bond donors (Lipinski definition) is 0. The fraction of sp³-hybridized carbons (Fsp3) is 0.237. The summed E-state index contributed by atoms with van der Waals surface area (Å²) in [5.41, 5.74) is 5.47. The summed E-state index contributed by atoms with van der Waals surface area (Å²) in [6.07, 6.45) is 0. The van der Waals surface area contributed by atoms with Crippen molar-refractivity contribution >= 4 is 35.5 Å². The third-order valence-corrected chi connectivity index (χ3v) is 16.2. The van der Waals surface area contributed by atoms with Crippen LogP contribution >= 0.6 is 14.3 Å². The molecule has 2 aliphatic rings. The summed E-state index contributed by atoms with van der Waals surface area (Å²) in [7, 11) is -6.21. The van der Waals surface area contributed by atoms with Gasteiger partial charge in [-0.15, -0.1) is 5.73 Å². The molecule has 2 nitrogen and oxygen atoms in total.